The van der Waals surface area contributed by atoms with E-state index < -0.39 is 0 Å². The maximum atomic E-state index is 3.38. The molecule has 0 aliphatic rings. The van der Waals surface area contributed by atoms with Crippen LogP contribution < -0.4 is 0 Å². The first kappa shape index (κ1) is 6.81. The van der Waals surface area contributed by atoms with Gasteiger partial charge >= 0.3 is 0 Å². The molecule has 9 heavy (non-hydrogen) atoms. The van der Waals surface area contributed by atoms with E-state index in [0.717, 1.165) is 4.47 Å². The lowest BCUT2D eigenvalue weighted by Crippen LogP contribution is -1.73. The summed E-state index contributed by atoms with van der Waals surface area (Å²) in [5.41, 5.74) is 1.25. The highest BCUT2D eigenvalue weighted by Gasteiger charge is 1.87. The van der Waals surface area contributed by atoms with Crippen LogP contribution in [0.15, 0.2) is 28.7 Å². The van der Waals surface area contributed by atoms with Crippen molar-refractivity contribution < 1.29 is 0 Å². The third-order valence-corrected chi connectivity index (χ3v) is 1.68. The summed E-state index contributed by atoms with van der Waals surface area (Å²) >= 11 is 3.38. The molecule has 1 heteroatoms. The molecule has 47 valence electrons. The molecule has 0 bridgehead atoms. The minimum absolute atomic E-state index is 1.14. The second-order valence-electron chi connectivity index (χ2n) is 1.84. The van der Waals surface area contributed by atoms with Gasteiger partial charge in [0.25, 0.3) is 0 Å². The van der Waals surface area contributed by atoms with Crippen LogP contribution in [0, 0.1) is 6.42 Å². The molecular weight excluding hydrogens is 176 g/mol. The summed E-state index contributed by atoms with van der Waals surface area (Å²) in [6, 6.07) is 8.21. The summed E-state index contributed by atoms with van der Waals surface area (Å²) in [6.07, 6.45) is 2.07. The van der Waals surface area contributed by atoms with E-state index in [9.17, 15) is 0 Å². The first-order chi connectivity index (χ1) is 4.33. The largest absolute Gasteiger partial charge is 0.0609 e. The predicted molar refractivity (Wildman–Crippen MR) is 43.2 cm³/mol. The highest BCUT2D eigenvalue weighted by Crippen LogP contribution is 2.12. The van der Waals surface area contributed by atoms with Gasteiger partial charge in [0.05, 0.1) is 0 Å². The Morgan fingerprint density at radius 2 is 2.22 bits per heavy atom. The SMILES string of the molecule is C[CH]c1cccc(Br)c1. The number of benzene rings is 1. The predicted octanol–water partition coefficient (Wildman–Crippen LogP) is 3.02. The molecule has 0 fully saturated rings. The molecule has 0 N–H and O–H groups in total. The average molecular weight is 184 g/mol. The van der Waals surface area contributed by atoms with Gasteiger partial charge in [-0.15, -0.1) is 0 Å². The highest BCUT2D eigenvalue weighted by atomic mass is 79.9. The highest BCUT2D eigenvalue weighted by molar-refractivity contribution is 9.10. The van der Waals surface area contributed by atoms with Crippen LogP contribution in [0.5, 0.6) is 0 Å². The van der Waals surface area contributed by atoms with Crippen molar-refractivity contribution in [1.82, 2.24) is 0 Å². The van der Waals surface area contributed by atoms with Crippen LogP contribution in [0.3, 0.4) is 0 Å². The van der Waals surface area contributed by atoms with Gasteiger partial charge in [-0.05, 0) is 24.1 Å². The van der Waals surface area contributed by atoms with Crippen molar-refractivity contribution in [2.24, 2.45) is 0 Å². The maximum absolute atomic E-state index is 3.38. The van der Waals surface area contributed by atoms with E-state index in [1.807, 2.05) is 19.1 Å². The van der Waals surface area contributed by atoms with Gasteiger partial charge in [-0.2, -0.15) is 0 Å². The van der Waals surface area contributed by atoms with Crippen molar-refractivity contribution in [1.29, 1.82) is 0 Å². The monoisotopic (exact) mass is 183 g/mol. The third-order valence-electron chi connectivity index (χ3n) is 1.18. The lowest BCUT2D eigenvalue weighted by Gasteiger charge is -1.93. The maximum Gasteiger partial charge on any atom is 0.0178 e. The summed E-state index contributed by atoms with van der Waals surface area (Å²) in [5, 5.41) is 0. The Balaban J connectivity index is 2.94. The van der Waals surface area contributed by atoms with Gasteiger partial charge in [0.1, 0.15) is 0 Å². The van der Waals surface area contributed by atoms with Gasteiger partial charge in [0.15, 0.2) is 0 Å². The molecule has 1 aromatic rings. The van der Waals surface area contributed by atoms with Gasteiger partial charge in [-0.25, -0.2) is 0 Å². The van der Waals surface area contributed by atoms with E-state index >= 15 is 0 Å². The molecule has 1 rings (SSSR count). The molecule has 0 aromatic heterocycles. The molecule has 1 radical (unpaired) electrons. The molecule has 0 amide bonds. The molecule has 0 nitrogen and oxygen atoms in total. The van der Waals surface area contributed by atoms with Crippen molar-refractivity contribution in [2.45, 2.75) is 6.92 Å². The van der Waals surface area contributed by atoms with E-state index in [-0.39, 0.29) is 0 Å². The second kappa shape index (κ2) is 3.02. The van der Waals surface area contributed by atoms with Crippen molar-refractivity contribution in [3.63, 3.8) is 0 Å². The summed E-state index contributed by atoms with van der Waals surface area (Å²) in [6.45, 7) is 2.03. The summed E-state index contributed by atoms with van der Waals surface area (Å²) in [5.74, 6) is 0. The fourth-order valence-corrected chi connectivity index (χ4v) is 1.10. The molecule has 0 spiro atoms. The molecule has 0 aliphatic heterocycles. The number of hydrogen-bond acceptors (Lipinski definition) is 0. The Labute approximate surface area is 64.0 Å². The summed E-state index contributed by atoms with van der Waals surface area (Å²) in [4.78, 5) is 0. The normalized spacial score (nSPS) is 9.56. The minimum atomic E-state index is 1.14. The van der Waals surface area contributed by atoms with Crippen LogP contribution in [-0.4, -0.2) is 0 Å². The first-order valence-corrected chi connectivity index (χ1v) is 3.67. The smallest absolute Gasteiger partial charge is 0.0178 e. The van der Waals surface area contributed by atoms with Crippen LogP contribution in [0.4, 0.5) is 0 Å². The van der Waals surface area contributed by atoms with Crippen LogP contribution >= 0.6 is 15.9 Å². The molecule has 0 atom stereocenters. The zero-order valence-corrected chi connectivity index (χ0v) is 6.85. The fraction of sp³-hybridized carbons (Fsp3) is 0.125. The standard InChI is InChI=1S/C8H8Br/c1-2-7-4-3-5-8(9)6-7/h2-6H,1H3. The van der Waals surface area contributed by atoms with Gasteiger partial charge < -0.3 is 0 Å². The summed E-state index contributed by atoms with van der Waals surface area (Å²) < 4.78 is 1.14. The Morgan fingerprint density at radius 1 is 1.44 bits per heavy atom. The summed E-state index contributed by atoms with van der Waals surface area (Å²) in [7, 11) is 0. The second-order valence-corrected chi connectivity index (χ2v) is 2.76. The third kappa shape index (κ3) is 1.83. The molecule has 0 unspecified atom stereocenters. The van der Waals surface area contributed by atoms with Crippen LogP contribution in [0.1, 0.15) is 12.5 Å². The lowest BCUT2D eigenvalue weighted by molar-refractivity contribution is 1.41. The molecule has 0 saturated heterocycles. The van der Waals surface area contributed by atoms with Gasteiger partial charge in [0.2, 0.25) is 0 Å². The van der Waals surface area contributed by atoms with E-state index in [1.165, 1.54) is 5.56 Å². The van der Waals surface area contributed by atoms with Crippen molar-refractivity contribution >= 4 is 15.9 Å². The Kier molecular flexibility index (Phi) is 2.29. The van der Waals surface area contributed by atoms with Gasteiger partial charge in [-0.3, -0.25) is 0 Å². The first-order valence-electron chi connectivity index (χ1n) is 2.88. The Bertz CT molecular complexity index is 194. The van der Waals surface area contributed by atoms with E-state index in [2.05, 4.69) is 34.5 Å². The average Bonchev–Trinajstić information content (AvgIpc) is 1.88. The van der Waals surface area contributed by atoms with Crippen molar-refractivity contribution in [3.05, 3.63) is 40.7 Å². The lowest BCUT2D eigenvalue weighted by atomic mass is 10.2. The number of hydrogen-bond donors (Lipinski definition) is 0. The molecule has 0 aliphatic carbocycles. The van der Waals surface area contributed by atoms with Crippen molar-refractivity contribution in [2.75, 3.05) is 0 Å². The topological polar surface area (TPSA) is 0 Å². The van der Waals surface area contributed by atoms with Gasteiger partial charge in [-0.1, -0.05) is 35.0 Å². The number of rotatable bonds is 1. The zero-order valence-electron chi connectivity index (χ0n) is 5.26. The van der Waals surface area contributed by atoms with Crippen LogP contribution in [0.25, 0.3) is 0 Å². The van der Waals surface area contributed by atoms with E-state index in [0.29, 0.717) is 0 Å². The fourth-order valence-electron chi connectivity index (χ4n) is 0.686. The Hall–Kier alpha value is -0.300. The molecule has 0 heterocycles. The van der Waals surface area contributed by atoms with Crippen LogP contribution in [-0.2, 0) is 0 Å². The number of halogens is 1. The zero-order chi connectivity index (χ0) is 6.69. The van der Waals surface area contributed by atoms with Gasteiger partial charge in [0, 0.05) is 4.47 Å². The molecule has 0 saturated carbocycles. The Morgan fingerprint density at radius 3 is 2.67 bits per heavy atom. The molecule has 1 aromatic carbocycles. The quantitative estimate of drug-likeness (QED) is 0.629. The molecular formula is C8H8Br. The van der Waals surface area contributed by atoms with Crippen LogP contribution in [0.2, 0.25) is 0 Å². The van der Waals surface area contributed by atoms with E-state index in [1.54, 1.807) is 0 Å². The minimum Gasteiger partial charge on any atom is -0.0609 e. The van der Waals surface area contributed by atoms with Crippen molar-refractivity contribution in [3.8, 4) is 0 Å². The van der Waals surface area contributed by atoms with E-state index in [4.69, 9.17) is 0 Å².